The SMILES string of the molecule is CC[C@]1(C)CCC[C@H](C)[C@]1(N)C(=O)OC. The highest BCUT2D eigenvalue weighted by Gasteiger charge is 2.55. The minimum atomic E-state index is -0.811. The van der Waals surface area contributed by atoms with Gasteiger partial charge in [0.05, 0.1) is 7.11 Å². The van der Waals surface area contributed by atoms with Crippen LogP contribution in [-0.4, -0.2) is 18.6 Å². The first-order chi connectivity index (χ1) is 6.92. The van der Waals surface area contributed by atoms with Gasteiger partial charge in [-0.15, -0.1) is 0 Å². The van der Waals surface area contributed by atoms with Crippen molar-refractivity contribution in [3.63, 3.8) is 0 Å². The number of rotatable bonds is 2. The zero-order chi connectivity index (χ0) is 11.7. The van der Waals surface area contributed by atoms with E-state index < -0.39 is 5.54 Å². The first-order valence-electron chi connectivity index (χ1n) is 5.79. The van der Waals surface area contributed by atoms with E-state index in [2.05, 4.69) is 20.8 Å². The molecular formula is C12H23NO2. The Kier molecular flexibility index (Phi) is 3.44. The van der Waals surface area contributed by atoms with E-state index in [4.69, 9.17) is 10.5 Å². The second-order valence-corrected chi connectivity index (χ2v) is 5.07. The zero-order valence-electron chi connectivity index (χ0n) is 10.3. The molecule has 0 bridgehead atoms. The van der Waals surface area contributed by atoms with Crippen LogP contribution in [0.25, 0.3) is 0 Å². The highest BCUT2D eigenvalue weighted by atomic mass is 16.5. The maximum absolute atomic E-state index is 11.9. The molecule has 1 fully saturated rings. The van der Waals surface area contributed by atoms with E-state index >= 15 is 0 Å². The average molecular weight is 213 g/mol. The van der Waals surface area contributed by atoms with Gasteiger partial charge in [-0.3, -0.25) is 4.79 Å². The van der Waals surface area contributed by atoms with Gasteiger partial charge < -0.3 is 10.5 Å². The van der Waals surface area contributed by atoms with Gasteiger partial charge in [-0.05, 0) is 30.6 Å². The van der Waals surface area contributed by atoms with E-state index in [0.717, 1.165) is 25.7 Å². The summed E-state index contributed by atoms with van der Waals surface area (Å²) in [6, 6.07) is 0. The molecule has 3 nitrogen and oxygen atoms in total. The van der Waals surface area contributed by atoms with Crippen molar-refractivity contribution in [2.45, 2.75) is 52.0 Å². The second kappa shape index (κ2) is 4.12. The fourth-order valence-corrected chi connectivity index (χ4v) is 2.91. The van der Waals surface area contributed by atoms with Gasteiger partial charge in [0, 0.05) is 0 Å². The molecule has 0 amide bonds. The number of esters is 1. The first-order valence-corrected chi connectivity index (χ1v) is 5.79. The number of methoxy groups -OCH3 is 1. The molecule has 0 aromatic rings. The van der Waals surface area contributed by atoms with Crippen LogP contribution in [0.5, 0.6) is 0 Å². The Labute approximate surface area is 92.4 Å². The predicted molar refractivity (Wildman–Crippen MR) is 60.3 cm³/mol. The second-order valence-electron chi connectivity index (χ2n) is 5.07. The van der Waals surface area contributed by atoms with Crippen LogP contribution in [0.15, 0.2) is 0 Å². The molecule has 0 unspecified atom stereocenters. The van der Waals surface area contributed by atoms with Gasteiger partial charge in [-0.25, -0.2) is 0 Å². The van der Waals surface area contributed by atoms with Crippen LogP contribution >= 0.6 is 0 Å². The highest BCUT2D eigenvalue weighted by molar-refractivity contribution is 5.82. The smallest absolute Gasteiger partial charge is 0.326 e. The summed E-state index contributed by atoms with van der Waals surface area (Å²) in [5, 5.41) is 0. The fraction of sp³-hybridized carbons (Fsp3) is 0.917. The largest absolute Gasteiger partial charge is 0.468 e. The molecule has 0 spiro atoms. The third kappa shape index (κ3) is 1.67. The van der Waals surface area contributed by atoms with E-state index in [9.17, 15) is 4.79 Å². The summed E-state index contributed by atoms with van der Waals surface area (Å²) in [6.45, 7) is 6.27. The predicted octanol–water partition coefficient (Wildman–Crippen LogP) is 2.09. The molecule has 0 saturated heterocycles. The summed E-state index contributed by atoms with van der Waals surface area (Å²) in [4.78, 5) is 11.9. The fourth-order valence-electron chi connectivity index (χ4n) is 2.91. The average Bonchev–Trinajstić information content (AvgIpc) is 2.24. The van der Waals surface area contributed by atoms with Crippen molar-refractivity contribution < 1.29 is 9.53 Å². The number of hydrogen-bond acceptors (Lipinski definition) is 3. The molecule has 2 N–H and O–H groups in total. The molecule has 0 aromatic heterocycles. The number of nitrogens with two attached hydrogens (primary N) is 1. The molecule has 88 valence electrons. The van der Waals surface area contributed by atoms with Gasteiger partial charge in [-0.2, -0.15) is 0 Å². The molecule has 3 heteroatoms. The van der Waals surface area contributed by atoms with Crippen molar-refractivity contribution in [1.82, 2.24) is 0 Å². The van der Waals surface area contributed by atoms with Crippen LogP contribution in [0, 0.1) is 11.3 Å². The maximum atomic E-state index is 11.9. The van der Waals surface area contributed by atoms with Crippen LogP contribution in [0.3, 0.4) is 0 Å². The van der Waals surface area contributed by atoms with Crippen LogP contribution in [0.4, 0.5) is 0 Å². The number of hydrogen-bond donors (Lipinski definition) is 1. The minimum Gasteiger partial charge on any atom is -0.468 e. The van der Waals surface area contributed by atoms with Crippen LogP contribution in [-0.2, 0) is 9.53 Å². The third-order valence-corrected chi connectivity index (χ3v) is 4.45. The lowest BCUT2D eigenvalue weighted by molar-refractivity contribution is -0.159. The highest BCUT2D eigenvalue weighted by Crippen LogP contribution is 2.48. The van der Waals surface area contributed by atoms with Gasteiger partial charge in [0.15, 0.2) is 0 Å². The van der Waals surface area contributed by atoms with Gasteiger partial charge in [0.2, 0.25) is 0 Å². The quantitative estimate of drug-likeness (QED) is 0.715. The van der Waals surface area contributed by atoms with Crippen molar-refractivity contribution in [3.8, 4) is 0 Å². The Balaban J connectivity index is 3.10. The van der Waals surface area contributed by atoms with Gasteiger partial charge >= 0.3 is 5.97 Å². The van der Waals surface area contributed by atoms with E-state index in [0.29, 0.717) is 0 Å². The Morgan fingerprint density at radius 2 is 2.20 bits per heavy atom. The van der Waals surface area contributed by atoms with E-state index in [1.807, 2.05) is 0 Å². The van der Waals surface area contributed by atoms with Gasteiger partial charge in [0.1, 0.15) is 5.54 Å². The molecule has 1 aliphatic carbocycles. The number of carbonyl (C=O) groups is 1. The lowest BCUT2D eigenvalue weighted by Crippen LogP contribution is -2.65. The maximum Gasteiger partial charge on any atom is 0.326 e. The molecule has 1 rings (SSSR count). The van der Waals surface area contributed by atoms with E-state index in [1.165, 1.54) is 7.11 Å². The van der Waals surface area contributed by atoms with E-state index in [1.54, 1.807) is 0 Å². The molecule has 0 radical (unpaired) electrons. The summed E-state index contributed by atoms with van der Waals surface area (Å²) in [6.07, 6.45) is 4.10. The summed E-state index contributed by atoms with van der Waals surface area (Å²) >= 11 is 0. The van der Waals surface area contributed by atoms with Crippen molar-refractivity contribution in [2.75, 3.05) is 7.11 Å². The van der Waals surface area contributed by atoms with Crippen LogP contribution < -0.4 is 5.73 Å². The summed E-state index contributed by atoms with van der Waals surface area (Å²) < 4.78 is 4.90. The van der Waals surface area contributed by atoms with Crippen LogP contribution in [0.1, 0.15) is 46.5 Å². The van der Waals surface area contributed by atoms with E-state index in [-0.39, 0.29) is 17.3 Å². The summed E-state index contributed by atoms with van der Waals surface area (Å²) in [5.74, 6) is -0.0531. The number of carbonyl (C=O) groups excluding carboxylic acids is 1. The monoisotopic (exact) mass is 213 g/mol. The first kappa shape index (κ1) is 12.5. The standard InChI is InChI=1S/C12H23NO2/c1-5-11(3)8-6-7-9(2)12(11,13)10(14)15-4/h9H,5-8,13H2,1-4H3/t9-,11+,12-/m0/s1. The molecule has 0 aromatic carbocycles. The Hall–Kier alpha value is -0.570. The van der Waals surface area contributed by atoms with Crippen molar-refractivity contribution in [2.24, 2.45) is 17.1 Å². The van der Waals surface area contributed by atoms with Crippen LogP contribution in [0.2, 0.25) is 0 Å². The Bertz CT molecular complexity index is 254. The number of ether oxygens (including phenoxy) is 1. The topological polar surface area (TPSA) is 52.3 Å². The minimum absolute atomic E-state index is 0.127. The van der Waals surface area contributed by atoms with Gasteiger partial charge in [-0.1, -0.05) is 27.2 Å². The molecule has 15 heavy (non-hydrogen) atoms. The molecule has 0 aliphatic heterocycles. The van der Waals surface area contributed by atoms with Gasteiger partial charge in [0.25, 0.3) is 0 Å². The van der Waals surface area contributed by atoms with Crippen molar-refractivity contribution >= 4 is 5.97 Å². The lowest BCUT2D eigenvalue weighted by atomic mass is 9.57. The molecule has 0 heterocycles. The zero-order valence-corrected chi connectivity index (χ0v) is 10.3. The molecule has 1 saturated carbocycles. The Morgan fingerprint density at radius 1 is 1.60 bits per heavy atom. The Morgan fingerprint density at radius 3 is 2.67 bits per heavy atom. The molecule has 1 aliphatic rings. The lowest BCUT2D eigenvalue weighted by Gasteiger charge is -2.50. The molecule has 3 atom stereocenters. The third-order valence-electron chi connectivity index (χ3n) is 4.45. The van der Waals surface area contributed by atoms with Crippen molar-refractivity contribution in [3.05, 3.63) is 0 Å². The summed E-state index contributed by atoms with van der Waals surface area (Å²) in [5.41, 5.74) is 5.43. The molecular weight excluding hydrogens is 190 g/mol. The summed E-state index contributed by atoms with van der Waals surface area (Å²) in [7, 11) is 1.42. The normalized spacial score (nSPS) is 41.3. The van der Waals surface area contributed by atoms with Crippen molar-refractivity contribution in [1.29, 1.82) is 0 Å².